The Bertz CT molecular complexity index is 1380. The van der Waals surface area contributed by atoms with Gasteiger partial charge in [0, 0.05) is 25.3 Å². The standard InChI is InChI=1S/C40H63NO9/c1-22-19-25(33(36(5,6)45)48-23(2)42)49-31-30(22)37(7)14-15-40-21-39(40)13-11-28(35(3,4)26(39)9-10-27(40)38(37,8)32(31)43)50-29-20-41(16-18-46-29)24-12-17-47-34(24)44/h22,24-33,43,45H,9-21H2,1-8H3/t22-,24?,25-,26+,27+,28+,29?,30?,31+,32+,33+,37-,38-,39-,40+/m1/s1. The van der Waals surface area contributed by atoms with Crippen LogP contribution in [0.15, 0.2) is 0 Å². The molecule has 8 aliphatic rings. The second kappa shape index (κ2) is 11.6. The van der Waals surface area contributed by atoms with E-state index in [0.717, 1.165) is 45.1 Å². The summed E-state index contributed by atoms with van der Waals surface area (Å²) in [6.07, 6.45) is 6.81. The lowest BCUT2D eigenvalue weighted by Crippen LogP contribution is -2.60. The van der Waals surface area contributed by atoms with Crippen molar-refractivity contribution >= 4 is 11.9 Å². The molecular formula is C40H63NO9. The molecule has 0 aromatic carbocycles. The van der Waals surface area contributed by atoms with E-state index in [1.54, 1.807) is 13.8 Å². The van der Waals surface area contributed by atoms with Crippen LogP contribution in [0.25, 0.3) is 0 Å². The van der Waals surface area contributed by atoms with Crippen LogP contribution in [0.2, 0.25) is 0 Å². The summed E-state index contributed by atoms with van der Waals surface area (Å²) < 4.78 is 30.8. The van der Waals surface area contributed by atoms with E-state index in [1.807, 2.05) is 0 Å². The maximum Gasteiger partial charge on any atom is 0.323 e. The number of rotatable bonds is 6. The highest BCUT2D eigenvalue weighted by atomic mass is 16.7. The zero-order valence-corrected chi connectivity index (χ0v) is 31.7. The van der Waals surface area contributed by atoms with Gasteiger partial charge in [0.2, 0.25) is 0 Å². The smallest absolute Gasteiger partial charge is 0.323 e. The minimum Gasteiger partial charge on any atom is -0.464 e. The van der Waals surface area contributed by atoms with Gasteiger partial charge in [-0.15, -0.1) is 0 Å². The lowest BCUT2D eigenvalue weighted by Gasteiger charge is -2.64. The number of ether oxygens (including phenoxy) is 5. The normalized spacial score (nSPS) is 51.7. The Morgan fingerprint density at radius 3 is 2.42 bits per heavy atom. The van der Waals surface area contributed by atoms with Crippen LogP contribution in [0.5, 0.6) is 0 Å². The highest BCUT2D eigenvalue weighted by Gasteiger charge is 2.84. The monoisotopic (exact) mass is 701 g/mol. The van der Waals surface area contributed by atoms with E-state index in [0.29, 0.717) is 38.0 Å². The molecule has 2 N–H and O–H groups in total. The van der Waals surface area contributed by atoms with Crippen molar-refractivity contribution in [1.29, 1.82) is 0 Å². The Hall–Kier alpha value is -1.30. The number of hydrogen-bond acceptors (Lipinski definition) is 10. The molecular weight excluding hydrogens is 638 g/mol. The minimum atomic E-state index is -1.27. The first-order valence-electron chi connectivity index (χ1n) is 19.8. The maximum absolute atomic E-state index is 12.6. The molecule has 5 saturated carbocycles. The molecule has 0 aromatic rings. The SMILES string of the molecule is CC(=O)O[C@@H]([C@H]1C[C@@H](C)C2[C@H](O1)[C@H](O)[C@@]1(C)[C@@H]3CC[C@H]4C(C)(C)[C@@H](OC5CN(C6CCOC6=O)CCO5)CC[C@@]45C[C@@]35CC[C@]21C)C(C)(C)O. The van der Waals surface area contributed by atoms with Crippen molar-refractivity contribution in [3.05, 3.63) is 0 Å². The van der Waals surface area contributed by atoms with Gasteiger partial charge in [0.05, 0.1) is 49.8 Å². The Balaban J connectivity index is 1.02. The van der Waals surface area contributed by atoms with Crippen molar-refractivity contribution in [3.63, 3.8) is 0 Å². The van der Waals surface area contributed by atoms with Crippen LogP contribution in [0, 0.1) is 50.7 Å². The Morgan fingerprint density at radius 2 is 1.74 bits per heavy atom. The van der Waals surface area contributed by atoms with Crippen LogP contribution in [0.4, 0.5) is 0 Å². The van der Waals surface area contributed by atoms with E-state index in [9.17, 15) is 19.8 Å². The summed E-state index contributed by atoms with van der Waals surface area (Å²) >= 11 is 0. The molecule has 3 saturated heterocycles. The van der Waals surface area contributed by atoms with Crippen molar-refractivity contribution in [2.75, 3.05) is 26.3 Å². The van der Waals surface area contributed by atoms with Gasteiger partial charge in [-0.1, -0.05) is 34.6 Å². The van der Waals surface area contributed by atoms with Crippen LogP contribution >= 0.6 is 0 Å². The highest BCUT2D eigenvalue weighted by Crippen LogP contribution is 2.89. The van der Waals surface area contributed by atoms with E-state index >= 15 is 0 Å². The van der Waals surface area contributed by atoms with Crippen molar-refractivity contribution in [2.45, 2.75) is 162 Å². The van der Waals surface area contributed by atoms with Crippen LogP contribution in [-0.2, 0) is 33.3 Å². The van der Waals surface area contributed by atoms with Crippen LogP contribution in [-0.4, -0.2) is 102 Å². The zero-order valence-electron chi connectivity index (χ0n) is 31.7. The Labute approximate surface area is 298 Å². The average molecular weight is 702 g/mol. The zero-order chi connectivity index (χ0) is 35.8. The molecule has 3 heterocycles. The summed E-state index contributed by atoms with van der Waals surface area (Å²) in [5, 5.41) is 23.6. The van der Waals surface area contributed by atoms with E-state index in [-0.39, 0.29) is 69.4 Å². The lowest BCUT2D eigenvalue weighted by molar-refractivity contribution is -0.250. The topological polar surface area (TPSA) is 124 Å². The van der Waals surface area contributed by atoms with Gasteiger partial charge >= 0.3 is 11.9 Å². The summed E-state index contributed by atoms with van der Waals surface area (Å²) in [6, 6.07) is -0.182. The van der Waals surface area contributed by atoms with Gasteiger partial charge in [-0.05, 0) is 111 Å². The number of esters is 2. The van der Waals surface area contributed by atoms with Gasteiger partial charge in [0.15, 0.2) is 12.4 Å². The van der Waals surface area contributed by atoms with Crippen LogP contribution in [0.3, 0.4) is 0 Å². The molecule has 0 radical (unpaired) electrons. The largest absolute Gasteiger partial charge is 0.464 e. The quantitative estimate of drug-likeness (QED) is 0.371. The van der Waals surface area contributed by atoms with Crippen molar-refractivity contribution in [2.24, 2.45) is 50.7 Å². The van der Waals surface area contributed by atoms with Crippen LogP contribution < -0.4 is 0 Å². The van der Waals surface area contributed by atoms with Gasteiger partial charge < -0.3 is 33.9 Å². The second-order valence-electron chi connectivity index (χ2n) is 19.6. The molecule has 3 aliphatic heterocycles. The minimum absolute atomic E-state index is 0.0255. The third kappa shape index (κ3) is 4.79. The first-order valence-corrected chi connectivity index (χ1v) is 19.8. The van der Waals surface area contributed by atoms with E-state index in [4.69, 9.17) is 23.7 Å². The predicted molar refractivity (Wildman–Crippen MR) is 184 cm³/mol. The molecule has 15 atom stereocenters. The average Bonchev–Trinajstić information content (AvgIpc) is 3.44. The van der Waals surface area contributed by atoms with Gasteiger partial charge in [-0.2, -0.15) is 0 Å². The molecule has 5 aliphatic carbocycles. The lowest BCUT2D eigenvalue weighted by atomic mass is 9.41. The first-order chi connectivity index (χ1) is 23.4. The van der Waals surface area contributed by atoms with E-state index in [1.165, 1.54) is 19.8 Å². The molecule has 10 heteroatoms. The summed E-state index contributed by atoms with van der Waals surface area (Å²) in [6.45, 7) is 19.1. The van der Waals surface area contributed by atoms with Crippen molar-refractivity contribution < 1.29 is 43.5 Å². The van der Waals surface area contributed by atoms with Gasteiger partial charge in [-0.25, -0.2) is 0 Å². The fourth-order valence-corrected chi connectivity index (χ4v) is 14.6. The molecule has 8 rings (SSSR count). The molecule has 10 nitrogen and oxygen atoms in total. The number of morpholine rings is 1. The number of aliphatic hydroxyl groups is 2. The first kappa shape index (κ1) is 35.7. The number of nitrogens with zero attached hydrogens (tertiary/aromatic N) is 1. The molecule has 282 valence electrons. The van der Waals surface area contributed by atoms with Crippen LogP contribution in [0.1, 0.15) is 113 Å². The summed E-state index contributed by atoms with van der Waals surface area (Å²) in [5.41, 5.74) is -1.19. The molecule has 50 heavy (non-hydrogen) atoms. The predicted octanol–water partition coefficient (Wildman–Crippen LogP) is 4.86. The number of carbonyl (C=O) groups is 2. The number of fused-ring (bicyclic) bond motifs is 4. The molecule has 3 unspecified atom stereocenters. The number of hydrogen-bond donors (Lipinski definition) is 2. The Morgan fingerprint density at radius 1 is 1.02 bits per heavy atom. The number of cyclic esters (lactones) is 1. The fourth-order valence-electron chi connectivity index (χ4n) is 14.6. The molecule has 2 spiro atoms. The number of carbonyl (C=O) groups excluding carboxylic acids is 2. The molecule has 0 aromatic heterocycles. The van der Waals surface area contributed by atoms with Crippen molar-refractivity contribution in [1.82, 2.24) is 4.90 Å². The molecule has 0 bridgehead atoms. The van der Waals surface area contributed by atoms with E-state index < -0.39 is 29.9 Å². The van der Waals surface area contributed by atoms with Gasteiger partial charge in [0.1, 0.15) is 6.04 Å². The summed E-state index contributed by atoms with van der Waals surface area (Å²) in [5.74, 6) is 0.853. The fraction of sp³-hybridized carbons (Fsp3) is 0.950. The summed E-state index contributed by atoms with van der Waals surface area (Å²) in [4.78, 5) is 26.6. The highest BCUT2D eigenvalue weighted by molar-refractivity contribution is 5.77. The molecule has 0 amide bonds. The third-order valence-electron chi connectivity index (χ3n) is 16.8. The van der Waals surface area contributed by atoms with Gasteiger partial charge in [-0.3, -0.25) is 14.5 Å². The summed E-state index contributed by atoms with van der Waals surface area (Å²) in [7, 11) is 0. The van der Waals surface area contributed by atoms with Crippen molar-refractivity contribution in [3.8, 4) is 0 Å². The Kier molecular flexibility index (Phi) is 8.29. The third-order valence-corrected chi connectivity index (χ3v) is 16.8. The maximum atomic E-state index is 12.6. The second-order valence-corrected chi connectivity index (χ2v) is 19.6. The van der Waals surface area contributed by atoms with E-state index in [2.05, 4.69) is 39.5 Å². The molecule has 8 fully saturated rings. The number of aliphatic hydroxyl groups excluding tert-OH is 1. The van der Waals surface area contributed by atoms with Gasteiger partial charge in [0.25, 0.3) is 0 Å².